The standard InChI is InChI=1S/C27H31Cl2N3O4/c1-5-22(24(34)30-27(2,3)4)32(16-17-12-13-18(28)15-21(17)29)23(33)11-8-14-31-25(35)19-9-6-7-10-20(19)26(31)36/h6-7,9-10,12-13,15,22H,5,8,11,14,16H2,1-4H3,(H,30,34)/t22-/m1/s1. The van der Waals surface area contributed by atoms with E-state index < -0.39 is 11.6 Å². The van der Waals surface area contributed by atoms with Crippen LogP contribution in [0.4, 0.5) is 0 Å². The highest BCUT2D eigenvalue weighted by Gasteiger charge is 2.35. The van der Waals surface area contributed by atoms with Crippen molar-refractivity contribution in [1.82, 2.24) is 15.1 Å². The summed E-state index contributed by atoms with van der Waals surface area (Å²) >= 11 is 12.4. The number of hydrogen-bond donors (Lipinski definition) is 1. The Hall–Kier alpha value is -2.90. The molecule has 0 aliphatic carbocycles. The lowest BCUT2D eigenvalue weighted by molar-refractivity contribution is -0.142. The van der Waals surface area contributed by atoms with Crippen molar-refractivity contribution in [2.24, 2.45) is 0 Å². The molecule has 0 unspecified atom stereocenters. The second-order valence-corrected chi connectivity index (χ2v) is 10.7. The van der Waals surface area contributed by atoms with Crippen LogP contribution in [0.15, 0.2) is 42.5 Å². The molecule has 1 heterocycles. The number of fused-ring (bicyclic) bond motifs is 1. The van der Waals surface area contributed by atoms with Gasteiger partial charge in [-0.25, -0.2) is 0 Å². The van der Waals surface area contributed by atoms with Gasteiger partial charge in [-0.1, -0.05) is 48.3 Å². The summed E-state index contributed by atoms with van der Waals surface area (Å²) in [6.07, 6.45) is 0.724. The van der Waals surface area contributed by atoms with Crippen LogP contribution in [-0.2, 0) is 16.1 Å². The fraction of sp³-hybridized carbons (Fsp3) is 0.407. The number of halogens is 2. The molecule has 0 aromatic heterocycles. The van der Waals surface area contributed by atoms with Crippen LogP contribution in [0.2, 0.25) is 10.0 Å². The maximum Gasteiger partial charge on any atom is 0.261 e. The van der Waals surface area contributed by atoms with Crippen LogP contribution in [0.1, 0.15) is 73.2 Å². The summed E-state index contributed by atoms with van der Waals surface area (Å²) in [7, 11) is 0. The van der Waals surface area contributed by atoms with Gasteiger partial charge in [-0.15, -0.1) is 0 Å². The van der Waals surface area contributed by atoms with E-state index in [-0.39, 0.29) is 49.6 Å². The minimum Gasteiger partial charge on any atom is -0.350 e. The summed E-state index contributed by atoms with van der Waals surface area (Å²) in [5, 5.41) is 3.83. The van der Waals surface area contributed by atoms with Crippen molar-refractivity contribution in [3.8, 4) is 0 Å². The quantitative estimate of drug-likeness (QED) is 0.456. The zero-order chi connectivity index (χ0) is 26.6. The summed E-state index contributed by atoms with van der Waals surface area (Å²) in [5.41, 5.74) is 0.940. The summed E-state index contributed by atoms with van der Waals surface area (Å²) in [5.74, 6) is -1.25. The monoisotopic (exact) mass is 531 g/mol. The molecule has 1 aliphatic rings. The fourth-order valence-electron chi connectivity index (χ4n) is 4.18. The number of nitrogens with zero attached hydrogens (tertiary/aromatic N) is 2. The Labute approximate surface area is 221 Å². The summed E-state index contributed by atoms with van der Waals surface area (Å²) in [6.45, 7) is 7.71. The van der Waals surface area contributed by atoms with Gasteiger partial charge in [0.2, 0.25) is 11.8 Å². The van der Waals surface area contributed by atoms with E-state index in [0.29, 0.717) is 33.2 Å². The Balaban J connectivity index is 1.75. The molecule has 2 aromatic rings. The molecule has 36 heavy (non-hydrogen) atoms. The molecule has 9 heteroatoms. The van der Waals surface area contributed by atoms with E-state index in [2.05, 4.69) is 5.32 Å². The zero-order valence-electron chi connectivity index (χ0n) is 20.9. The molecular formula is C27H31Cl2N3O4. The minimum absolute atomic E-state index is 0.0535. The second kappa shape index (κ2) is 11.4. The average Bonchev–Trinajstić information content (AvgIpc) is 3.04. The lowest BCUT2D eigenvalue weighted by atomic mass is 10.0. The Morgan fingerprint density at radius 1 is 1.03 bits per heavy atom. The van der Waals surface area contributed by atoms with Gasteiger partial charge in [0, 0.05) is 35.1 Å². The Morgan fingerprint density at radius 2 is 1.64 bits per heavy atom. The molecule has 0 spiro atoms. The van der Waals surface area contributed by atoms with Crippen molar-refractivity contribution in [2.45, 2.75) is 65.1 Å². The van der Waals surface area contributed by atoms with Crippen molar-refractivity contribution in [1.29, 1.82) is 0 Å². The predicted octanol–water partition coefficient (Wildman–Crippen LogP) is 5.09. The topological polar surface area (TPSA) is 86.8 Å². The van der Waals surface area contributed by atoms with Gasteiger partial charge < -0.3 is 10.2 Å². The van der Waals surface area contributed by atoms with Crippen molar-refractivity contribution in [2.75, 3.05) is 6.54 Å². The molecular weight excluding hydrogens is 501 g/mol. The zero-order valence-corrected chi connectivity index (χ0v) is 22.4. The SMILES string of the molecule is CC[C@H](C(=O)NC(C)(C)C)N(Cc1ccc(Cl)cc1Cl)C(=O)CCCN1C(=O)c2ccccc2C1=O. The Kier molecular flexibility index (Phi) is 8.80. The number of rotatable bonds is 9. The third kappa shape index (κ3) is 6.45. The molecule has 0 radical (unpaired) electrons. The second-order valence-electron chi connectivity index (χ2n) is 9.83. The van der Waals surface area contributed by atoms with Crippen molar-refractivity contribution >= 4 is 46.8 Å². The molecule has 0 saturated heterocycles. The van der Waals surface area contributed by atoms with E-state index >= 15 is 0 Å². The Morgan fingerprint density at radius 3 is 2.17 bits per heavy atom. The van der Waals surface area contributed by atoms with Gasteiger partial charge in [0.1, 0.15) is 6.04 Å². The van der Waals surface area contributed by atoms with Crippen LogP contribution in [0, 0.1) is 0 Å². The van der Waals surface area contributed by atoms with Crippen LogP contribution >= 0.6 is 23.2 Å². The van der Waals surface area contributed by atoms with E-state index in [1.165, 1.54) is 9.80 Å². The van der Waals surface area contributed by atoms with E-state index in [1.54, 1.807) is 42.5 Å². The van der Waals surface area contributed by atoms with Gasteiger partial charge in [-0.3, -0.25) is 24.1 Å². The summed E-state index contributed by atoms with van der Waals surface area (Å²) in [6, 6.07) is 11.0. The molecule has 1 atom stereocenters. The highest BCUT2D eigenvalue weighted by Crippen LogP contribution is 2.25. The van der Waals surface area contributed by atoms with Gasteiger partial charge in [0.05, 0.1) is 11.1 Å². The first-order valence-corrected chi connectivity index (χ1v) is 12.7. The number of hydrogen-bond acceptors (Lipinski definition) is 4. The first-order valence-electron chi connectivity index (χ1n) is 11.9. The molecule has 3 rings (SSSR count). The number of carbonyl (C=O) groups excluding carboxylic acids is 4. The highest BCUT2D eigenvalue weighted by molar-refractivity contribution is 6.35. The van der Waals surface area contributed by atoms with E-state index in [0.717, 1.165) is 0 Å². The number of amides is 4. The van der Waals surface area contributed by atoms with E-state index in [1.807, 2.05) is 27.7 Å². The molecule has 0 saturated carbocycles. The Bertz CT molecular complexity index is 1140. The summed E-state index contributed by atoms with van der Waals surface area (Å²) < 4.78 is 0. The van der Waals surface area contributed by atoms with Crippen LogP contribution in [0.3, 0.4) is 0 Å². The summed E-state index contributed by atoms with van der Waals surface area (Å²) in [4.78, 5) is 54.5. The van der Waals surface area contributed by atoms with Crippen molar-refractivity contribution in [3.05, 3.63) is 69.2 Å². The van der Waals surface area contributed by atoms with Crippen LogP contribution in [0.25, 0.3) is 0 Å². The minimum atomic E-state index is -0.720. The number of nitrogens with one attached hydrogen (secondary N) is 1. The molecule has 192 valence electrons. The largest absolute Gasteiger partial charge is 0.350 e. The van der Waals surface area contributed by atoms with E-state index in [4.69, 9.17) is 23.2 Å². The molecule has 7 nitrogen and oxygen atoms in total. The van der Waals surface area contributed by atoms with Gasteiger partial charge >= 0.3 is 0 Å². The smallest absolute Gasteiger partial charge is 0.261 e. The number of carbonyl (C=O) groups is 4. The van der Waals surface area contributed by atoms with Crippen LogP contribution in [0.5, 0.6) is 0 Å². The first kappa shape index (κ1) is 27.7. The third-order valence-electron chi connectivity index (χ3n) is 5.89. The molecule has 1 aliphatic heterocycles. The lowest BCUT2D eigenvalue weighted by Gasteiger charge is -2.33. The van der Waals surface area contributed by atoms with Gasteiger partial charge in [-0.2, -0.15) is 0 Å². The van der Waals surface area contributed by atoms with Crippen molar-refractivity contribution < 1.29 is 19.2 Å². The highest BCUT2D eigenvalue weighted by atomic mass is 35.5. The first-order chi connectivity index (χ1) is 16.9. The van der Waals surface area contributed by atoms with Crippen LogP contribution in [-0.4, -0.2) is 51.6 Å². The molecule has 1 N–H and O–H groups in total. The maximum absolute atomic E-state index is 13.4. The molecule has 4 amide bonds. The molecule has 2 aromatic carbocycles. The predicted molar refractivity (Wildman–Crippen MR) is 140 cm³/mol. The van der Waals surface area contributed by atoms with Crippen molar-refractivity contribution in [3.63, 3.8) is 0 Å². The lowest BCUT2D eigenvalue weighted by Crippen LogP contribution is -2.53. The van der Waals surface area contributed by atoms with Gasteiger partial charge in [-0.05, 0) is 63.4 Å². The maximum atomic E-state index is 13.4. The van der Waals surface area contributed by atoms with Gasteiger partial charge in [0.15, 0.2) is 0 Å². The van der Waals surface area contributed by atoms with Gasteiger partial charge in [0.25, 0.3) is 11.8 Å². The van der Waals surface area contributed by atoms with E-state index in [9.17, 15) is 19.2 Å². The third-order valence-corrected chi connectivity index (χ3v) is 6.48. The normalized spacial score (nSPS) is 14.0. The number of imide groups is 1. The molecule has 0 fully saturated rings. The fourth-order valence-corrected chi connectivity index (χ4v) is 4.65. The van der Waals surface area contributed by atoms with Crippen LogP contribution < -0.4 is 5.32 Å². The average molecular weight is 532 g/mol. The number of benzene rings is 2. The molecule has 0 bridgehead atoms.